The van der Waals surface area contributed by atoms with E-state index in [2.05, 4.69) is 20.5 Å². The molecule has 1 aromatic rings. The lowest BCUT2D eigenvalue weighted by Crippen LogP contribution is -2.44. The molecule has 120 valence electrons. The minimum absolute atomic E-state index is 0. The van der Waals surface area contributed by atoms with Crippen LogP contribution in [-0.4, -0.2) is 55.1 Å². The van der Waals surface area contributed by atoms with E-state index in [0.717, 1.165) is 51.4 Å². The summed E-state index contributed by atoms with van der Waals surface area (Å²) in [4.78, 5) is 18.4. The maximum Gasteiger partial charge on any atom is 0.252 e. The van der Waals surface area contributed by atoms with Crippen LogP contribution in [0.1, 0.15) is 22.5 Å². The number of nitrogens with zero attached hydrogens (tertiary/aromatic N) is 2. The number of carbonyl (C=O) groups is 1. The van der Waals surface area contributed by atoms with E-state index >= 15 is 0 Å². The number of halogens is 2. The standard InChI is InChI=1S/C14H22N4O.2ClH/c1-12-3-4-13(11-17-12)14(19)16-5-2-8-18-9-6-15-7-10-18;;/h3-4,11,15H,2,5-10H2,1H3,(H,16,19);2*1H. The van der Waals surface area contributed by atoms with Crippen molar-refractivity contribution < 1.29 is 4.79 Å². The highest BCUT2D eigenvalue weighted by atomic mass is 35.5. The number of aromatic nitrogens is 1. The Labute approximate surface area is 138 Å². The van der Waals surface area contributed by atoms with Gasteiger partial charge in [-0.15, -0.1) is 24.8 Å². The van der Waals surface area contributed by atoms with Crippen LogP contribution in [-0.2, 0) is 0 Å². The molecule has 5 nitrogen and oxygen atoms in total. The lowest BCUT2D eigenvalue weighted by molar-refractivity contribution is 0.0951. The van der Waals surface area contributed by atoms with Gasteiger partial charge < -0.3 is 15.5 Å². The predicted molar refractivity (Wildman–Crippen MR) is 89.7 cm³/mol. The average Bonchev–Trinajstić information content (AvgIpc) is 2.45. The molecular weight excluding hydrogens is 311 g/mol. The first-order chi connectivity index (χ1) is 9.25. The molecule has 0 bridgehead atoms. The normalized spacial score (nSPS) is 14.7. The lowest BCUT2D eigenvalue weighted by Gasteiger charge is -2.27. The molecule has 1 aliphatic heterocycles. The number of pyridine rings is 1. The van der Waals surface area contributed by atoms with Crippen LogP contribution in [0.3, 0.4) is 0 Å². The molecule has 2 heterocycles. The molecule has 0 aliphatic carbocycles. The average molecular weight is 335 g/mol. The van der Waals surface area contributed by atoms with Gasteiger partial charge in [-0.25, -0.2) is 0 Å². The van der Waals surface area contributed by atoms with Crippen molar-refractivity contribution in [2.24, 2.45) is 0 Å². The van der Waals surface area contributed by atoms with Crippen LogP contribution in [0.15, 0.2) is 18.3 Å². The molecule has 0 unspecified atom stereocenters. The molecule has 1 amide bonds. The van der Waals surface area contributed by atoms with Crippen LogP contribution in [0, 0.1) is 6.92 Å². The van der Waals surface area contributed by atoms with Crippen molar-refractivity contribution in [2.45, 2.75) is 13.3 Å². The second kappa shape index (κ2) is 10.8. The number of hydrogen-bond donors (Lipinski definition) is 2. The highest BCUT2D eigenvalue weighted by Gasteiger charge is 2.09. The Kier molecular flexibility index (Phi) is 10.3. The maximum atomic E-state index is 11.8. The second-order valence-corrected chi connectivity index (χ2v) is 4.89. The molecule has 21 heavy (non-hydrogen) atoms. The summed E-state index contributed by atoms with van der Waals surface area (Å²) in [7, 11) is 0. The van der Waals surface area contributed by atoms with Crippen molar-refractivity contribution >= 4 is 30.7 Å². The summed E-state index contributed by atoms with van der Waals surface area (Å²) in [5, 5.41) is 6.27. The Balaban J connectivity index is 0.00000200. The Morgan fingerprint density at radius 1 is 1.33 bits per heavy atom. The molecule has 2 N–H and O–H groups in total. The molecule has 0 radical (unpaired) electrons. The smallest absolute Gasteiger partial charge is 0.252 e. The Hall–Kier alpha value is -0.880. The summed E-state index contributed by atoms with van der Waals surface area (Å²) in [5.74, 6) is -0.0344. The number of amides is 1. The summed E-state index contributed by atoms with van der Waals surface area (Å²) in [5.41, 5.74) is 1.56. The number of aryl methyl sites for hydroxylation is 1. The molecule has 1 fully saturated rings. The van der Waals surface area contributed by atoms with Crippen LogP contribution in [0.5, 0.6) is 0 Å². The van der Waals surface area contributed by atoms with Crippen molar-refractivity contribution in [1.82, 2.24) is 20.5 Å². The number of piperazine rings is 1. The molecule has 1 aromatic heterocycles. The van der Waals surface area contributed by atoms with E-state index in [9.17, 15) is 4.79 Å². The van der Waals surface area contributed by atoms with Crippen molar-refractivity contribution in [3.8, 4) is 0 Å². The summed E-state index contributed by atoms with van der Waals surface area (Å²) >= 11 is 0. The highest BCUT2D eigenvalue weighted by Crippen LogP contribution is 1.99. The predicted octanol–water partition coefficient (Wildman–Crippen LogP) is 1.26. The van der Waals surface area contributed by atoms with Gasteiger partial charge in [-0.05, 0) is 32.0 Å². The van der Waals surface area contributed by atoms with E-state index < -0.39 is 0 Å². The Bertz CT molecular complexity index is 408. The fourth-order valence-corrected chi connectivity index (χ4v) is 2.14. The van der Waals surface area contributed by atoms with Gasteiger partial charge >= 0.3 is 0 Å². The SMILES string of the molecule is Cc1ccc(C(=O)NCCCN2CCNCC2)cn1.Cl.Cl. The van der Waals surface area contributed by atoms with Crippen LogP contribution in [0.2, 0.25) is 0 Å². The van der Waals surface area contributed by atoms with Gasteiger partial charge in [-0.1, -0.05) is 0 Å². The van der Waals surface area contributed by atoms with E-state index in [0.29, 0.717) is 5.56 Å². The topological polar surface area (TPSA) is 57.3 Å². The van der Waals surface area contributed by atoms with Gasteiger partial charge in [0.15, 0.2) is 0 Å². The number of nitrogens with one attached hydrogen (secondary N) is 2. The van der Waals surface area contributed by atoms with Crippen molar-refractivity contribution in [3.63, 3.8) is 0 Å². The quantitative estimate of drug-likeness (QED) is 0.796. The van der Waals surface area contributed by atoms with Crippen LogP contribution >= 0.6 is 24.8 Å². The van der Waals surface area contributed by atoms with E-state index in [-0.39, 0.29) is 30.7 Å². The first kappa shape index (κ1) is 20.1. The third-order valence-corrected chi connectivity index (χ3v) is 3.32. The molecule has 0 spiro atoms. The fourth-order valence-electron chi connectivity index (χ4n) is 2.14. The lowest BCUT2D eigenvalue weighted by atomic mass is 10.2. The zero-order valence-corrected chi connectivity index (χ0v) is 13.9. The van der Waals surface area contributed by atoms with Gasteiger partial charge in [0.25, 0.3) is 5.91 Å². The molecule has 7 heteroatoms. The molecule has 0 saturated carbocycles. The van der Waals surface area contributed by atoms with E-state index in [4.69, 9.17) is 0 Å². The Morgan fingerprint density at radius 3 is 2.67 bits per heavy atom. The van der Waals surface area contributed by atoms with Gasteiger partial charge in [-0.3, -0.25) is 9.78 Å². The summed E-state index contributed by atoms with van der Waals surface area (Å²) in [6.45, 7) is 8.04. The molecule has 0 atom stereocenters. The molecule has 1 aliphatic rings. The first-order valence-corrected chi connectivity index (χ1v) is 6.89. The molecule has 2 rings (SSSR count). The summed E-state index contributed by atoms with van der Waals surface area (Å²) < 4.78 is 0. The maximum absolute atomic E-state index is 11.8. The van der Waals surface area contributed by atoms with Gasteiger partial charge in [0, 0.05) is 44.6 Å². The molecular formula is C14H24Cl2N4O. The van der Waals surface area contributed by atoms with Gasteiger partial charge in [-0.2, -0.15) is 0 Å². The highest BCUT2D eigenvalue weighted by molar-refractivity contribution is 5.93. The summed E-state index contributed by atoms with van der Waals surface area (Å²) in [6.07, 6.45) is 2.62. The summed E-state index contributed by atoms with van der Waals surface area (Å²) in [6, 6.07) is 3.67. The minimum Gasteiger partial charge on any atom is -0.352 e. The Morgan fingerprint density at radius 2 is 2.05 bits per heavy atom. The van der Waals surface area contributed by atoms with Crippen LogP contribution < -0.4 is 10.6 Å². The number of rotatable bonds is 5. The van der Waals surface area contributed by atoms with Gasteiger partial charge in [0.1, 0.15) is 0 Å². The van der Waals surface area contributed by atoms with E-state index in [1.165, 1.54) is 0 Å². The van der Waals surface area contributed by atoms with Crippen LogP contribution in [0.25, 0.3) is 0 Å². The zero-order chi connectivity index (χ0) is 13.5. The van der Waals surface area contributed by atoms with Crippen LogP contribution in [0.4, 0.5) is 0 Å². The first-order valence-electron chi connectivity index (χ1n) is 6.89. The third-order valence-electron chi connectivity index (χ3n) is 3.32. The molecule has 1 saturated heterocycles. The monoisotopic (exact) mass is 334 g/mol. The fraction of sp³-hybridized carbons (Fsp3) is 0.571. The zero-order valence-electron chi connectivity index (χ0n) is 12.3. The van der Waals surface area contributed by atoms with E-state index in [1.54, 1.807) is 6.20 Å². The van der Waals surface area contributed by atoms with Crippen molar-refractivity contribution in [3.05, 3.63) is 29.6 Å². The minimum atomic E-state index is -0.0344. The van der Waals surface area contributed by atoms with E-state index in [1.807, 2.05) is 19.1 Å². The largest absolute Gasteiger partial charge is 0.352 e. The van der Waals surface area contributed by atoms with Gasteiger partial charge in [0.05, 0.1) is 5.56 Å². The number of carbonyl (C=O) groups excluding carboxylic acids is 1. The van der Waals surface area contributed by atoms with Crippen molar-refractivity contribution in [2.75, 3.05) is 39.3 Å². The van der Waals surface area contributed by atoms with Gasteiger partial charge in [0.2, 0.25) is 0 Å². The number of hydrogen-bond acceptors (Lipinski definition) is 4. The third kappa shape index (κ3) is 7.09. The second-order valence-electron chi connectivity index (χ2n) is 4.89. The molecule has 0 aromatic carbocycles. The van der Waals surface area contributed by atoms with Crippen molar-refractivity contribution in [1.29, 1.82) is 0 Å².